The molecule has 0 amide bonds. The predicted octanol–water partition coefficient (Wildman–Crippen LogP) is 2.61. The number of hydrogen-bond acceptors (Lipinski definition) is 8. The summed E-state index contributed by atoms with van der Waals surface area (Å²) in [6.45, 7) is 0. The second-order valence-electron chi connectivity index (χ2n) is 4.01. The van der Waals surface area contributed by atoms with Crippen molar-refractivity contribution < 1.29 is 13.2 Å². The van der Waals surface area contributed by atoms with E-state index in [4.69, 9.17) is 0 Å². The molecule has 2 aromatic rings. The number of alkyl halides is 3. The zero-order valence-electron chi connectivity index (χ0n) is 11.3. The lowest BCUT2D eigenvalue weighted by molar-refractivity contribution is -0.141. The lowest BCUT2D eigenvalue weighted by atomic mass is 10.4. The minimum atomic E-state index is -4.53. The third-order valence-corrected chi connectivity index (χ3v) is 4.25. The fraction of sp³-hybridized carbons (Fsp3) is 0.400. The summed E-state index contributed by atoms with van der Waals surface area (Å²) in [6, 6.07) is 0.891. The van der Waals surface area contributed by atoms with Crippen LogP contribution in [0.1, 0.15) is 5.69 Å². The number of anilines is 2. The van der Waals surface area contributed by atoms with Gasteiger partial charge in [0.15, 0.2) is 10.0 Å². The third-order valence-electron chi connectivity index (χ3n) is 2.19. The fourth-order valence-electron chi connectivity index (χ4n) is 1.25. The van der Waals surface area contributed by atoms with E-state index in [2.05, 4.69) is 25.5 Å². The van der Waals surface area contributed by atoms with Crippen molar-refractivity contribution in [3.05, 3.63) is 11.8 Å². The van der Waals surface area contributed by atoms with Gasteiger partial charge >= 0.3 is 6.18 Å². The minimum Gasteiger partial charge on any atom is -0.357 e. The van der Waals surface area contributed by atoms with Crippen molar-refractivity contribution in [2.45, 2.75) is 15.5 Å². The second-order valence-corrected chi connectivity index (χ2v) is 6.23. The highest BCUT2D eigenvalue weighted by Gasteiger charge is 2.33. The lowest BCUT2D eigenvalue weighted by Crippen LogP contribution is -2.11. The van der Waals surface area contributed by atoms with Crippen molar-refractivity contribution >= 4 is 34.2 Å². The zero-order chi connectivity index (χ0) is 15.6. The maximum absolute atomic E-state index is 12.8. The van der Waals surface area contributed by atoms with Crippen LogP contribution in [-0.4, -0.2) is 41.3 Å². The van der Waals surface area contributed by atoms with Gasteiger partial charge in [0.25, 0.3) is 0 Å². The monoisotopic (exact) mass is 336 g/mol. The van der Waals surface area contributed by atoms with Crippen LogP contribution in [0.3, 0.4) is 0 Å². The summed E-state index contributed by atoms with van der Waals surface area (Å²) in [5, 5.41) is 11.2. The average molecular weight is 336 g/mol. The summed E-state index contributed by atoms with van der Waals surface area (Å²) >= 11 is 2.28. The van der Waals surface area contributed by atoms with Gasteiger partial charge in [-0.15, -0.1) is 10.2 Å². The Bertz CT molecular complexity index is 627. The van der Waals surface area contributed by atoms with Crippen LogP contribution in [0.15, 0.2) is 15.4 Å². The van der Waals surface area contributed by atoms with Gasteiger partial charge in [0, 0.05) is 27.2 Å². The van der Waals surface area contributed by atoms with Gasteiger partial charge in [0.1, 0.15) is 5.03 Å². The molecule has 0 saturated carbocycles. The summed E-state index contributed by atoms with van der Waals surface area (Å²) in [6.07, 6.45) is -4.53. The Morgan fingerprint density at radius 3 is 2.48 bits per heavy atom. The first-order valence-electron chi connectivity index (χ1n) is 5.62. The van der Waals surface area contributed by atoms with Crippen LogP contribution in [0.25, 0.3) is 0 Å². The van der Waals surface area contributed by atoms with Gasteiger partial charge in [0.05, 0.1) is 0 Å². The molecule has 114 valence electrons. The van der Waals surface area contributed by atoms with Crippen LogP contribution < -0.4 is 10.2 Å². The van der Waals surface area contributed by atoms with Gasteiger partial charge in [-0.3, -0.25) is 0 Å². The van der Waals surface area contributed by atoms with E-state index >= 15 is 0 Å². The largest absolute Gasteiger partial charge is 0.433 e. The fourth-order valence-corrected chi connectivity index (χ4v) is 2.96. The molecule has 0 radical (unpaired) electrons. The van der Waals surface area contributed by atoms with E-state index in [1.165, 1.54) is 18.4 Å². The normalized spacial score (nSPS) is 11.5. The summed E-state index contributed by atoms with van der Waals surface area (Å²) in [4.78, 5) is 9.14. The van der Waals surface area contributed by atoms with Crippen LogP contribution in [0.4, 0.5) is 24.3 Å². The molecule has 0 aliphatic rings. The van der Waals surface area contributed by atoms with Crippen LogP contribution in [0, 0.1) is 0 Å². The molecule has 11 heteroatoms. The molecule has 0 atom stereocenters. The summed E-state index contributed by atoms with van der Waals surface area (Å²) in [5.41, 5.74) is -0.998. The third kappa shape index (κ3) is 3.94. The topological polar surface area (TPSA) is 66.8 Å². The lowest BCUT2D eigenvalue weighted by Gasteiger charge is -2.09. The maximum Gasteiger partial charge on any atom is 0.433 e. The molecule has 0 fully saturated rings. The van der Waals surface area contributed by atoms with Gasteiger partial charge in [0.2, 0.25) is 11.1 Å². The Kier molecular flexibility index (Phi) is 4.52. The first kappa shape index (κ1) is 15.8. The van der Waals surface area contributed by atoms with E-state index in [9.17, 15) is 13.2 Å². The number of nitrogens with one attached hydrogen (secondary N) is 1. The van der Waals surface area contributed by atoms with E-state index in [1.54, 1.807) is 19.0 Å². The summed E-state index contributed by atoms with van der Waals surface area (Å²) < 4.78 is 38.8. The van der Waals surface area contributed by atoms with E-state index in [0.717, 1.165) is 17.8 Å². The maximum atomic E-state index is 12.8. The number of aromatic nitrogens is 4. The second kappa shape index (κ2) is 6.02. The first-order chi connectivity index (χ1) is 9.79. The highest BCUT2D eigenvalue weighted by Crippen LogP contribution is 2.35. The molecule has 0 unspecified atom stereocenters. The molecule has 0 aliphatic carbocycles. The standard InChI is InChI=1S/C10H11F3N6S2/c1-14-7-15-5(10(11,12)13)4-6(16-7)20-9-18-17-8(21-9)19(2)3/h4H,1-3H3,(H,14,15,16). The van der Waals surface area contributed by atoms with Crippen LogP contribution in [0.2, 0.25) is 0 Å². The Labute approximate surface area is 126 Å². The highest BCUT2D eigenvalue weighted by atomic mass is 32.2. The molecule has 0 spiro atoms. The van der Waals surface area contributed by atoms with E-state index in [-0.39, 0.29) is 11.0 Å². The van der Waals surface area contributed by atoms with Crippen molar-refractivity contribution in [3.8, 4) is 0 Å². The SMILES string of the molecule is CNc1nc(Sc2nnc(N(C)C)s2)cc(C(F)(F)F)n1. The molecular weight excluding hydrogens is 325 g/mol. The average Bonchev–Trinajstić information content (AvgIpc) is 2.86. The van der Waals surface area contributed by atoms with E-state index in [1.807, 2.05) is 0 Å². The molecule has 2 heterocycles. The number of nitrogens with zero attached hydrogens (tertiary/aromatic N) is 5. The van der Waals surface area contributed by atoms with E-state index < -0.39 is 11.9 Å². The van der Waals surface area contributed by atoms with Crippen molar-refractivity contribution in [1.82, 2.24) is 20.2 Å². The highest BCUT2D eigenvalue weighted by molar-refractivity contribution is 8.01. The van der Waals surface area contributed by atoms with Gasteiger partial charge in [-0.2, -0.15) is 13.2 Å². The van der Waals surface area contributed by atoms with Gasteiger partial charge < -0.3 is 10.2 Å². The Balaban J connectivity index is 2.30. The number of halogens is 3. The Morgan fingerprint density at radius 1 is 1.24 bits per heavy atom. The van der Waals surface area contributed by atoms with Gasteiger partial charge in [-0.1, -0.05) is 11.3 Å². The molecule has 1 N–H and O–H groups in total. The molecule has 0 aliphatic heterocycles. The van der Waals surface area contributed by atoms with Gasteiger partial charge in [-0.05, 0) is 11.8 Å². The number of rotatable bonds is 4. The van der Waals surface area contributed by atoms with Crippen molar-refractivity contribution in [1.29, 1.82) is 0 Å². The Hall–Kier alpha value is -1.62. The first-order valence-corrected chi connectivity index (χ1v) is 7.25. The molecule has 0 aromatic carbocycles. The van der Waals surface area contributed by atoms with Crippen molar-refractivity contribution in [2.75, 3.05) is 31.4 Å². The van der Waals surface area contributed by atoms with Gasteiger partial charge in [-0.25, -0.2) is 9.97 Å². The zero-order valence-corrected chi connectivity index (χ0v) is 12.9. The van der Waals surface area contributed by atoms with Crippen molar-refractivity contribution in [2.24, 2.45) is 0 Å². The van der Waals surface area contributed by atoms with Crippen LogP contribution >= 0.6 is 23.1 Å². The quantitative estimate of drug-likeness (QED) is 0.861. The molecule has 6 nitrogen and oxygen atoms in total. The molecule has 2 rings (SSSR count). The molecule has 0 saturated heterocycles. The van der Waals surface area contributed by atoms with Crippen LogP contribution in [-0.2, 0) is 6.18 Å². The Morgan fingerprint density at radius 2 is 1.95 bits per heavy atom. The van der Waals surface area contributed by atoms with Crippen molar-refractivity contribution in [3.63, 3.8) is 0 Å². The summed E-state index contributed by atoms with van der Waals surface area (Å²) in [5.74, 6) is -0.0929. The molecule has 21 heavy (non-hydrogen) atoms. The smallest absolute Gasteiger partial charge is 0.357 e. The summed E-state index contributed by atoms with van der Waals surface area (Å²) in [7, 11) is 5.07. The minimum absolute atomic E-state index is 0.0929. The molecule has 0 bridgehead atoms. The molecule has 2 aromatic heterocycles. The number of hydrogen-bond donors (Lipinski definition) is 1. The van der Waals surface area contributed by atoms with E-state index in [0.29, 0.717) is 9.47 Å². The van der Waals surface area contributed by atoms with Crippen LogP contribution in [0.5, 0.6) is 0 Å². The molecular formula is C10H11F3N6S2. The predicted molar refractivity (Wildman–Crippen MR) is 74.9 cm³/mol.